The molecule has 0 aromatic heterocycles. The lowest BCUT2D eigenvalue weighted by atomic mass is 9.90. The number of fused-ring (bicyclic) bond motifs is 1. The number of carboxylic acids is 1. The predicted octanol–water partition coefficient (Wildman–Crippen LogP) is 2.61. The topological polar surface area (TPSA) is 37.3 Å². The maximum atomic E-state index is 10.8. The molecular formula is C11H9ClO2. The lowest BCUT2D eigenvalue weighted by molar-refractivity contribution is -0.140. The second-order valence-corrected chi connectivity index (χ2v) is 3.72. The molecular weight excluding hydrogens is 200 g/mol. The van der Waals surface area contributed by atoms with E-state index in [1.807, 2.05) is 18.2 Å². The van der Waals surface area contributed by atoms with Crippen molar-refractivity contribution in [2.45, 2.75) is 6.42 Å². The minimum atomic E-state index is -0.799. The van der Waals surface area contributed by atoms with E-state index in [9.17, 15) is 4.79 Å². The first-order valence-corrected chi connectivity index (χ1v) is 4.74. The summed E-state index contributed by atoms with van der Waals surface area (Å²) in [7, 11) is 0. The summed E-state index contributed by atoms with van der Waals surface area (Å²) in [5.74, 6) is -1.24. The zero-order chi connectivity index (χ0) is 10.1. The van der Waals surface area contributed by atoms with Crippen LogP contribution in [0.2, 0.25) is 5.02 Å². The number of hydrogen-bond donors (Lipinski definition) is 1. The molecule has 0 amide bonds. The van der Waals surface area contributed by atoms with Crippen LogP contribution in [0.15, 0.2) is 24.3 Å². The number of carbonyl (C=O) groups is 1. The largest absolute Gasteiger partial charge is 0.481 e. The van der Waals surface area contributed by atoms with Gasteiger partial charge in [0.05, 0.1) is 5.92 Å². The highest BCUT2D eigenvalue weighted by molar-refractivity contribution is 6.31. The first kappa shape index (κ1) is 9.28. The van der Waals surface area contributed by atoms with Gasteiger partial charge in [0.25, 0.3) is 0 Å². The Morgan fingerprint density at radius 3 is 3.00 bits per heavy atom. The molecule has 1 atom stereocenters. The van der Waals surface area contributed by atoms with E-state index in [2.05, 4.69) is 0 Å². The Bertz CT molecular complexity index is 410. The monoisotopic (exact) mass is 208 g/mol. The maximum absolute atomic E-state index is 10.8. The summed E-state index contributed by atoms with van der Waals surface area (Å²) < 4.78 is 0. The smallest absolute Gasteiger partial charge is 0.310 e. The van der Waals surface area contributed by atoms with E-state index in [4.69, 9.17) is 16.7 Å². The van der Waals surface area contributed by atoms with E-state index in [0.29, 0.717) is 11.4 Å². The van der Waals surface area contributed by atoms with E-state index in [0.717, 1.165) is 11.1 Å². The molecule has 0 bridgehead atoms. The summed E-state index contributed by atoms with van der Waals surface area (Å²) in [6.45, 7) is 0. The van der Waals surface area contributed by atoms with Gasteiger partial charge in [-0.3, -0.25) is 4.79 Å². The molecule has 3 heteroatoms. The van der Waals surface area contributed by atoms with Crippen LogP contribution in [0, 0.1) is 5.92 Å². The van der Waals surface area contributed by atoms with Gasteiger partial charge in [0.15, 0.2) is 0 Å². The third-order valence-electron chi connectivity index (χ3n) is 2.40. The fourth-order valence-electron chi connectivity index (χ4n) is 1.62. The van der Waals surface area contributed by atoms with Gasteiger partial charge in [0.2, 0.25) is 0 Å². The Kier molecular flexibility index (Phi) is 2.30. The van der Waals surface area contributed by atoms with Crippen molar-refractivity contribution < 1.29 is 9.90 Å². The molecule has 2 rings (SSSR count). The second-order valence-electron chi connectivity index (χ2n) is 3.32. The van der Waals surface area contributed by atoms with Crippen LogP contribution < -0.4 is 0 Å². The van der Waals surface area contributed by atoms with Crippen molar-refractivity contribution in [3.8, 4) is 0 Å². The molecule has 0 fully saturated rings. The van der Waals surface area contributed by atoms with Crippen LogP contribution in [0.5, 0.6) is 0 Å². The SMILES string of the molecule is O=C(O)C1C=Cc2cccc(Cl)c2C1. The van der Waals surface area contributed by atoms with Gasteiger partial charge in [-0.1, -0.05) is 35.9 Å². The average molecular weight is 209 g/mol. The zero-order valence-electron chi connectivity index (χ0n) is 7.40. The summed E-state index contributed by atoms with van der Waals surface area (Å²) in [6.07, 6.45) is 4.02. The Hall–Kier alpha value is -1.28. The van der Waals surface area contributed by atoms with Crippen molar-refractivity contribution in [1.82, 2.24) is 0 Å². The normalized spacial score (nSPS) is 19.1. The lowest BCUT2D eigenvalue weighted by Crippen LogP contribution is -2.17. The van der Waals surface area contributed by atoms with Crippen molar-refractivity contribution in [2.24, 2.45) is 5.92 Å². The van der Waals surface area contributed by atoms with Gasteiger partial charge in [-0.05, 0) is 23.6 Å². The van der Waals surface area contributed by atoms with Crippen molar-refractivity contribution in [1.29, 1.82) is 0 Å². The number of rotatable bonds is 1. The predicted molar refractivity (Wildman–Crippen MR) is 55.3 cm³/mol. The number of carboxylic acid groups (broad SMARTS) is 1. The molecule has 1 N–H and O–H groups in total. The van der Waals surface area contributed by atoms with Crippen molar-refractivity contribution >= 4 is 23.6 Å². The van der Waals surface area contributed by atoms with Crippen molar-refractivity contribution in [2.75, 3.05) is 0 Å². The van der Waals surface area contributed by atoms with Gasteiger partial charge in [-0.25, -0.2) is 0 Å². The first-order valence-electron chi connectivity index (χ1n) is 4.37. The molecule has 1 aromatic carbocycles. The van der Waals surface area contributed by atoms with E-state index in [1.165, 1.54) is 0 Å². The Labute approximate surface area is 86.8 Å². The van der Waals surface area contributed by atoms with Crippen LogP contribution in [0.3, 0.4) is 0 Å². The maximum Gasteiger partial charge on any atom is 0.310 e. The van der Waals surface area contributed by atoms with Gasteiger partial charge in [0, 0.05) is 5.02 Å². The summed E-state index contributed by atoms with van der Waals surface area (Å²) in [4.78, 5) is 10.8. The van der Waals surface area contributed by atoms with Crippen LogP contribution in [0.4, 0.5) is 0 Å². The number of halogens is 1. The molecule has 14 heavy (non-hydrogen) atoms. The van der Waals surface area contributed by atoms with Crippen LogP contribution in [-0.2, 0) is 11.2 Å². The third kappa shape index (κ3) is 1.53. The molecule has 1 unspecified atom stereocenters. The molecule has 0 heterocycles. The number of benzene rings is 1. The minimum Gasteiger partial charge on any atom is -0.481 e. The van der Waals surface area contributed by atoms with Crippen molar-refractivity contribution in [3.05, 3.63) is 40.4 Å². The molecule has 0 aliphatic heterocycles. The highest BCUT2D eigenvalue weighted by Crippen LogP contribution is 2.28. The van der Waals surface area contributed by atoms with E-state index >= 15 is 0 Å². The summed E-state index contributed by atoms with van der Waals surface area (Å²) in [6, 6.07) is 5.60. The van der Waals surface area contributed by atoms with E-state index < -0.39 is 11.9 Å². The highest BCUT2D eigenvalue weighted by atomic mass is 35.5. The molecule has 1 aromatic rings. The van der Waals surface area contributed by atoms with Crippen LogP contribution >= 0.6 is 11.6 Å². The number of aliphatic carboxylic acids is 1. The molecule has 1 aliphatic carbocycles. The Morgan fingerprint density at radius 1 is 1.50 bits per heavy atom. The molecule has 0 spiro atoms. The van der Waals surface area contributed by atoms with Gasteiger partial charge in [0.1, 0.15) is 0 Å². The van der Waals surface area contributed by atoms with Crippen LogP contribution in [0.25, 0.3) is 6.08 Å². The molecule has 1 aliphatic rings. The molecule has 2 nitrogen and oxygen atoms in total. The first-order chi connectivity index (χ1) is 6.68. The fraction of sp³-hybridized carbons (Fsp3) is 0.182. The molecule has 72 valence electrons. The fourth-order valence-corrected chi connectivity index (χ4v) is 1.88. The third-order valence-corrected chi connectivity index (χ3v) is 2.76. The highest BCUT2D eigenvalue weighted by Gasteiger charge is 2.21. The summed E-state index contributed by atoms with van der Waals surface area (Å²) >= 11 is 5.99. The lowest BCUT2D eigenvalue weighted by Gasteiger charge is -2.16. The average Bonchev–Trinajstić information content (AvgIpc) is 2.18. The quantitative estimate of drug-likeness (QED) is 0.771. The second kappa shape index (κ2) is 3.46. The molecule has 0 saturated heterocycles. The summed E-state index contributed by atoms with van der Waals surface area (Å²) in [5, 5.41) is 9.51. The Balaban J connectivity index is 2.42. The van der Waals surface area contributed by atoms with Gasteiger partial charge in [-0.2, -0.15) is 0 Å². The zero-order valence-corrected chi connectivity index (χ0v) is 8.16. The van der Waals surface area contributed by atoms with Crippen LogP contribution in [-0.4, -0.2) is 11.1 Å². The van der Waals surface area contributed by atoms with Crippen molar-refractivity contribution in [3.63, 3.8) is 0 Å². The van der Waals surface area contributed by atoms with Gasteiger partial charge < -0.3 is 5.11 Å². The molecule has 0 radical (unpaired) electrons. The van der Waals surface area contributed by atoms with Crippen LogP contribution in [0.1, 0.15) is 11.1 Å². The standard InChI is InChI=1S/C11H9ClO2/c12-10-3-1-2-7-4-5-8(11(13)14)6-9(7)10/h1-5,8H,6H2,(H,13,14). The molecule has 0 saturated carbocycles. The van der Waals surface area contributed by atoms with Gasteiger partial charge in [-0.15, -0.1) is 0 Å². The van der Waals surface area contributed by atoms with E-state index in [-0.39, 0.29) is 0 Å². The minimum absolute atomic E-state index is 0.442. The van der Waals surface area contributed by atoms with E-state index in [1.54, 1.807) is 12.1 Å². The Morgan fingerprint density at radius 2 is 2.29 bits per heavy atom. The number of hydrogen-bond acceptors (Lipinski definition) is 1. The van der Waals surface area contributed by atoms with Gasteiger partial charge >= 0.3 is 5.97 Å². The summed E-state index contributed by atoms with van der Waals surface area (Å²) in [5.41, 5.74) is 1.96.